The molecule has 13 heteroatoms. The Kier molecular flexibility index (Phi) is 11.4. The summed E-state index contributed by atoms with van der Waals surface area (Å²) >= 11 is 0. The van der Waals surface area contributed by atoms with Gasteiger partial charge in [0.25, 0.3) is 0 Å². The van der Waals surface area contributed by atoms with Crippen LogP contribution in [-0.2, 0) is 38.0 Å². The van der Waals surface area contributed by atoms with E-state index in [9.17, 15) is 24.0 Å². The lowest BCUT2D eigenvalue weighted by molar-refractivity contribution is -0.151. The minimum absolute atomic E-state index is 0.109. The molecule has 0 aliphatic carbocycles. The second-order valence-corrected chi connectivity index (χ2v) is 9.76. The standard InChI is InChI=1S/C31H32O13/c1-3-26(33)37-15-5-4-6-16-38-31(36)43-23-13-9-20(10-14-23)29(34)42-22-11-7-21(8-12-22)30(35)44-25-18-40-27-24(41-19(2)32)17-39-28(25)27/h3,7-14,24-25,27-28H,1,4-6,15-18H2,2H3/t24-,25-,27?,28?/m0/s1. The van der Waals surface area contributed by atoms with Gasteiger partial charge in [0.1, 0.15) is 23.7 Å². The van der Waals surface area contributed by atoms with Crippen LogP contribution in [0, 0.1) is 0 Å². The Bertz CT molecular complexity index is 1340. The van der Waals surface area contributed by atoms with Crippen molar-refractivity contribution in [2.45, 2.75) is 50.6 Å². The van der Waals surface area contributed by atoms with Gasteiger partial charge in [-0.15, -0.1) is 0 Å². The summed E-state index contributed by atoms with van der Waals surface area (Å²) in [4.78, 5) is 59.3. The number of hydrogen-bond acceptors (Lipinski definition) is 13. The third-order valence-electron chi connectivity index (χ3n) is 6.55. The molecule has 2 fully saturated rings. The Hall–Kier alpha value is -4.75. The Morgan fingerprint density at radius 1 is 0.727 bits per heavy atom. The van der Waals surface area contributed by atoms with Crippen LogP contribution in [0.5, 0.6) is 11.5 Å². The van der Waals surface area contributed by atoms with Crippen LogP contribution >= 0.6 is 0 Å². The Balaban J connectivity index is 1.17. The lowest BCUT2D eigenvalue weighted by Gasteiger charge is -2.17. The maximum Gasteiger partial charge on any atom is 0.513 e. The molecule has 0 radical (unpaired) electrons. The van der Waals surface area contributed by atoms with E-state index in [-0.39, 0.29) is 49.1 Å². The third-order valence-corrected chi connectivity index (χ3v) is 6.55. The molecule has 13 nitrogen and oxygen atoms in total. The van der Waals surface area contributed by atoms with Gasteiger partial charge in [0.05, 0.1) is 37.6 Å². The van der Waals surface area contributed by atoms with Crippen molar-refractivity contribution in [3.8, 4) is 11.5 Å². The number of hydrogen-bond donors (Lipinski definition) is 0. The fraction of sp³-hybridized carbons (Fsp3) is 0.387. The van der Waals surface area contributed by atoms with Crippen LogP contribution in [0.4, 0.5) is 4.79 Å². The van der Waals surface area contributed by atoms with E-state index in [1.165, 1.54) is 55.5 Å². The predicted octanol–water partition coefficient (Wildman–Crippen LogP) is 3.58. The van der Waals surface area contributed by atoms with Gasteiger partial charge in [0.15, 0.2) is 12.2 Å². The number of carbonyl (C=O) groups is 5. The van der Waals surface area contributed by atoms with Crippen molar-refractivity contribution < 1.29 is 61.9 Å². The summed E-state index contributed by atoms with van der Waals surface area (Å²) in [6, 6.07) is 11.5. The van der Waals surface area contributed by atoms with Gasteiger partial charge in [-0.2, -0.15) is 0 Å². The first-order valence-electron chi connectivity index (χ1n) is 13.9. The molecule has 0 spiro atoms. The molecule has 2 aliphatic rings. The van der Waals surface area contributed by atoms with Crippen molar-refractivity contribution in [2.24, 2.45) is 0 Å². The molecule has 0 aromatic heterocycles. The minimum Gasteiger partial charge on any atom is -0.463 e. The molecule has 2 aromatic carbocycles. The maximum atomic E-state index is 12.7. The number of unbranched alkanes of at least 4 members (excludes halogenated alkanes) is 2. The predicted molar refractivity (Wildman–Crippen MR) is 149 cm³/mol. The van der Waals surface area contributed by atoms with Gasteiger partial charge in [-0.1, -0.05) is 6.58 Å². The zero-order valence-corrected chi connectivity index (χ0v) is 24.0. The van der Waals surface area contributed by atoms with Crippen molar-refractivity contribution in [1.29, 1.82) is 0 Å². The first-order chi connectivity index (χ1) is 21.2. The lowest BCUT2D eigenvalue weighted by atomic mass is 10.1. The highest BCUT2D eigenvalue weighted by Crippen LogP contribution is 2.31. The molecule has 2 heterocycles. The molecule has 0 bridgehead atoms. The molecule has 0 N–H and O–H groups in total. The van der Waals surface area contributed by atoms with Crippen molar-refractivity contribution in [1.82, 2.24) is 0 Å². The van der Waals surface area contributed by atoms with Crippen molar-refractivity contribution in [3.05, 3.63) is 72.3 Å². The average Bonchev–Trinajstić information content (AvgIpc) is 3.59. The van der Waals surface area contributed by atoms with Crippen LogP contribution in [0.3, 0.4) is 0 Å². The number of esters is 4. The maximum absolute atomic E-state index is 12.7. The van der Waals surface area contributed by atoms with Gasteiger partial charge in [0.2, 0.25) is 0 Å². The van der Waals surface area contributed by atoms with Gasteiger partial charge in [0, 0.05) is 13.0 Å². The highest BCUT2D eigenvalue weighted by molar-refractivity contribution is 5.92. The van der Waals surface area contributed by atoms with Gasteiger partial charge in [-0.3, -0.25) is 4.79 Å². The van der Waals surface area contributed by atoms with Crippen LogP contribution in [0.15, 0.2) is 61.2 Å². The van der Waals surface area contributed by atoms with E-state index in [1.54, 1.807) is 0 Å². The van der Waals surface area contributed by atoms with E-state index >= 15 is 0 Å². The summed E-state index contributed by atoms with van der Waals surface area (Å²) in [5.41, 5.74) is 0.427. The largest absolute Gasteiger partial charge is 0.513 e. The molecule has 0 saturated carbocycles. The number of ether oxygens (including phenoxy) is 8. The summed E-state index contributed by atoms with van der Waals surface area (Å²) in [5, 5.41) is 0. The molecule has 4 rings (SSSR count). The van der Waals surface area contributed by atoms with E-state index in [1.807, 2.05) is 0 Å². The van der Waals surface area contributed by atoms with Crippen LogP contribution < -0.4 is 9.47 Å². The Labute approximate surface area is 252 Å². The second kappa shape index (κ2) is 15.6. The van der Waals surface area contributed by atoms with Gasteiger partial charge < -0.3 is 37.9 Å². The quantitative estimate of drug-likeness (QED) is 0.0807. The van der Waals surface area contributed by atoms with Crippen molar-refractivity contribution >= 4 is 30.0 Å². The number of benzene rings is 2. The molecule has 234 valence electrons. The van der Waals surface area contributed by atoms with E-state index in [2.05, 4.69) is 6.58 Å². The van der Waals surface area contributed by atoms with E-state index in [0.29, 0.717) is 19.3 Å². The van der Waals surface area contributed by atoms with Crippen LogP contribution in [0.1, 0.15) is 46.9 Å². The van der Waals surface area contributed by atoms with Gasteiger partial charge >= 0.3 is 30.0 Å². The molecular formula is C31H32O13. The minimum atomic E-state index is -0.890. The number of carbonyl (C=O) groups excluding carboxylic acids is 5. The fourth-order valence-corrected chi connectivity index (χ4v) is 4.43. The summed E-state index contributed by atoms with van der Waals surface area (Å²) in [6.07, 6.45) is -0.167. The summed E-state index contributed by atoms with van der Waals surface area (Å²) in [7, 11) is 0. The monoisotopic (exact) mass is 612 g/mol. The number of fused-ring (bicyclic) bond motifs is 1. The first kappa shape index (κ1) is 32.2. The van der Waals surface area contributed by atoms with Crippen molar-refractivity contribution in [2.75, 3.05) is 26.4 Å². The molecule has 2 saturated heterocycles. The van der Waals surface area contributed by atoms with Crippen LogP contribution in [-0.4, -0.2) is 80.9 Å². The molecule has 2 unspecified atom stereocenters. The molecule has 44 heavy (non-hydrogen) atoms. The molecule has 0 amide bonds. The fourth-order valence-electron chi connectivity index (χ4n) is 4.43. The highest BCUT2D eigenvalue weighted by atomic mass is 16.7. The summed E-state index contributed by atoms with van der Waals surface area (Å²) < 4.78 is 42.3. The average molecular weight is 613 g/mol. The van der Waals surface area contributed by atoms with E-state index in [0.717, 1.165) is 6.08 Å². The number of rotatable bonds is 13. The lowest BCUT2D eigenvalue weighted by Crippen LogP contribution is -2.35. The molecular weight excluding hydrogens is 580 g/mol. The van der Waals surface area contributed by atoms with Crippen molar-refractivity contribution in [3.63, 3.8) is 0 Å². The van der Waals surface area contributed by atoms with E-state index in [4.69, 9.17) is 37.9 Å². The zero-order valence-electron chi connectivity index (χ0n) is 24.0. The van der Waals surface area contributed by atoms with Gasteiger partial charge in [-0.25, -0.2) is 19.2 Å². The summed E-state index contributed by atoms with van der Waals surface area (Å²) in [5.74, 6) is -1.83. The second-order valence-electron chi connectivity index (χ2n) is 9.76. The highest BCUT2D eigenvalue weighted by Gasteiger charge is 2.51. The Morgan fingerprint density at radius 2 is 1.25 bits per heavy atom. The molecule has 2 aromatic rings. The van der Waals surface area contributed by atoms with E-state index < -0.39 is 54.4 Å². The molecule has 2 aliphatic heterocycles. The van der Waals surface area contributed by atoms with Gasteiger partial charge in [-0.05, 0) is 67.8 Å². The normalized spacial score (nSPS) is 20.1. The smallest absolute Gasteiger partial charge is 0.463 e. The summed E-state index contributed by atoms with van der Waals surface area (Å²) in [6.45, 7) is 5.28. The third kappa shape index (κ3) is 9.12. The SMILES string of the molecule is C=CC(=O)OCCCCCOC(=O)Oc1ccc(C(=O)Oc2ccc(C(=O)O[C@H]3COC4C3OC[C@@H]4OC(C)=O)cc2)cc1. The first-order valence-corrected chi connectivity index (χ1v) is 13.9. The van der Waals surface area contributed by atoms with Crippen LogP contribution in [0.25, 0.3) is 0 Å². The topological polar surface area (TPSA) is 159 Å². The zero-order chi connectivity index (χ0) is 31.5. The Morgan fingerprint density at radius 3 is 1.82 bits per heavy atom. The molecule has 4 atom stereocenters. The van der Waals surface area contributed by atoms with Crippen LogP contribution in [0.2, 0.25) is 0 Å².